The Kier molecular flexibility index (Phi) is 2.92. The lowest BCUT2D eigenvalue weighted by Crippen LogP contribution is -2.32. The number of aromatic nitrogens is 2. The Morgan fingerprint density at radius 2 is 2.00 bits per heavy atom. The van der Waals surface area contributed by atoms with Gasteiger partial charge in [-0.1, -0.05) is 6.07 Å². The maximum Gasteiger partial charge on any atom is 0.210 e. The van der Waals surface area contributed by atoms with E-state index in [0.717, 1.165) is 42.4 Å². The minimum absolute atomic E-state index is 0.197. The summed E-state index contributed by atoms with van der Waals surface area (Å²) < 4.78 is 0. The van der Waals surface area contributed by atoms with Crippen LogP contribution in [-0.4, -0.2) is 27.8 Å². The van der Waals surface area contributed by atoms with Crippen molar-refractivity contribution >= 4 is 17.4 Å². The van der Waals surface area contributed by atoms with E-state index >= 15 is 0 Å². The fourth-order valence-corrected chi connectivity index (χ4v) is 2.63. The first-order valence-corrected chi connectivity index (χ1v) is 6.30. The van der Waals surface area contributed by atoms with Crippen LogP contribution in [0.25, 0.3) is 11.0 Å². The van der Waals surface area contributed by atoms with Gasteiger partial charge >= 0.3 is 0 Å². The monoisotopic (exact) mass is 241 g/mol. The Hall–Kier alpha value is -1.97. The van der Waals surface area contributed by atoms with Crippen molar-refractivity contribution in [3.63, 3.8) is 0 Å². The number of fused-ring (bicyclic) bond motifs is 1. The third kappa shape index (κ3) is 1.94. The maximum absolute atomic E-state index is 11.1. The molecule has 1 aromatic carbocycles. The Bertz CT molecular complexity index is 570. The molecule has 92 valence electrons. The lowest BCUT2D eigenvalue weighted by Gasteiger charge is -2.33. The molecule has 1 aliphatic rings. The smallest absolute Gasteiger partial charge is 0.210 e. The van der Waals surface area contributed by atoms with Crippen LogP contribution in [0.4, 0.5) is 0 Å². The molecule has 1 amide bonds. The van der Waals surface area contributed by atoms with E-state index in [1.165, 1.54) is 6.42 Å². The van der Waals surface area contributed by atoms with Crippen LogP contribution in [0.2, 0.25) is 0 Å². The molecule has 1 atom stereocenters. The van der Waals surface area contributed by atoms with Crippen molar-refractivity contribution in [1.82, 2.24) is 14.9 Å². The number of benzene rings is 1. The number of hydrogen-bond acceptors (Lipinski definition) is 3. The van der Waals surface area contributed by atoms with Crippen LogP contribution in [-0.2, 0) is 4.79 Å². The van der Waals surface area contributed by atoms with E-state index in [4.69, 9.17) is 0 Å². The number of likely N-dealkylation sites (tertiary alicyclic amines) is 1. The Morgan fingerprint density at radius 3 is 2.83 bits per heavy atom. The molecule has 2 heterocycles. The summed E-state index contributed by atoms with van der Waals surface area (Å²) in [4.78, 5) is 21.6. The van der Waals surface area contributed by atoms with Crippen molar-refractivity contribution in [3.05, 3.63) is 36.2 Å². The van der Waals surface area contributed by atoms with Gasteiger partial charge in [0.2, 0.25) is 6.41 Å². The third-order valence-corrected chi connectivity index (χ3v) is 3.56. The van der Waals surface area contributed by atoms with Crippen molar-refractivity contribution in [2.45, 2.75) is 25.3 Å². The van der Waals surface area contributed by atoms with Crippen LogP contribution in [0, 0.1) is 0 Å². The van der Waals surface area contributed by atoms with Crippen LogP contribution in [0.3, 0.4) is 0 Å². The van der Waals surface area contributed by atoms with E-state index < -0.39 is 0 Å². The zero-order valence-corrected chi connectivity index (χ0v) is 10.1. The van der Waals surface area contributed by atoms with E-state index in [0.29, 0.717) is 0 Å². The minimum Gasteiger partial charge on any atom is -0.338 e. The van der Waals surface area contributed by atoms with Gasteiger partial charge in [0.1, 0.15) is 0 Å². The summed E-state index contributed by atoms with van der Waals surface area (Å²) in [5, 5.41) is 0. The summed E-state index contributed by atoms with van der Waals surface area (Å²) in [5.41, 5.74) is 2.95. The predicted octanol–water partition coefficient (Wildman–Crippen LogP) is 2.31. The fourth-order valence-electron chi connectivity index (χ4n) is 2.63. The number of hydrogen-bond donors (Lipinski definition) is 0. The van der Waals surface area contributed by atoms with Crippen LogP contribution in [0.5, 0.6) is 0 Å². The molecule has 4 nitrogen and oxygen atoms in total. The molecule has 0 aliphatic carbocycles. The number of carbonyl (C=O) groups is 1. The van der Waals surface area contributed by atoms with Gasteiger partial charge in [-0.15, -0.1) is 0 Å². The summed E-state index contributed by atoms with van der Waals surface area (Å²) in [6.45, 7) is 0.854. The van der Waals surface area contributed by atoms with Gasteiger partial charge in [0.05, 0.1) is 17.1 Å². The van der Waals surface area contributed by atoms with Gasteiger partial charge in [-0.3, -0.25) is 14.8 Å². The minimum atomic E-state index is 0.197. The maximum atomic E-state index is 11.1. The molecule has 0 N–H and O–H groups in total. The molecule has 18 heavy (non-hydrogen) atoms. The lowest BCUT2D eigenvalue weighted by molar-refractivity contribution is -0.121. The van der Waals surface area contributed by atoms with Crippen LogP contribution in [0.1, 0.15) is 30.9 Å². The topological polar surface area (TPSA) is 46.1 Å². The summed E-state index contributed by atoms with van der Waals surface area (Å²) in [5.74, 6) is 0. The highest BCUT2D eigenvalue weighted by Crippen LogP contribution is 2.30. The van der Waals surface area contributed by atoms with Crippen molar-refractivity contribution in [2.24, 2.45) is 0 Å². The summed E-state index contributed by atoms with van der Waals surface area (Å²) >= 11 is 0. The molecule has 4 heteroatoms. The molecule has 1 fully saturated rings. The highest BCUT2D eigenvalue weighted by molar-refractivity contribution is 5.74. The first kappa shape index (κ1) is 11.1. The molecule has 1 aromatic heterocycles. The zero-order chi connectivity index (χ0) is 12.4. The van der Waals surface area contributed by atoms with Crippen LogP contribution >= 0.6 is 0 Å². The van der Waals surface area contributed by atoms with E-state index in [-0.39, 0.29) is 6.04 Å². The van der Waals surface area contributed by atoms with Gasteiger partial charge in [0.25, 0.3) is 0 Å². The Morgan fingerprint density at radius 1 is 1.17 bits per heavy atom. The number of carbonyl (C=O) groups excluding carboxylic acids is 1. The van der Waals surface area contributed by atoms with Gasteiger partial charge in [0.15, 0.2) is 0 Å². The molecular weight excluding hydrogens is 226 g/mol. The zero-order valence-electron chi connectivity index (χ0n) is 10.1. The average Bonchev–Trinajstić information content (AvgIpc) is 2.46. The van der Waals surface area contributed by atoms with Gasteiger partial charge in [-0.2, -0.15) is 0 Å². The van der Waals surface area contributed by atoms with Crippen molar-refractivity contribution in [3.8, 4) is 0 Å². The van der Waals surface area contributed by atoms with E-state index in [1.54, 1.807) is 12.4 Å². The molecule has 1 aliphatic heterocycles. The molecule has 0 spiro atoms. The lowest BCUT2D eigenvalue weighted by atomic mass is 9.95. The molecule has 0 bridgehead atoms. The SMILES string of the molecule is O=CN1CCCCC1c1ccc2nccnc2c1. The van der Waals surface area contributed by atoms with Crippen molar-refractivity contribution < 1.29 is 4.79 Å². The summed E-state index contributed by atoms with van der Waals surface area (Å²) in [6.07, 6.45) is 7.66. The number of nitrogens with zero attached hydrogens (tertiary/aromatic N) is 3. The quantitative estimate of drug-likeness (QED) is 0.758. The van der Waals surface area contributed by atoms with Gasteiger partial charge in [-0.05, 0) is 37.0 Å². The molecule has 1 saturated heterocycles. The van der Waals surface area contributed by atoms with Crippen LogP contribution < -0.4 is 0 Å². The molecule has 0 radical (unpaired) electrons. The number of piperidine rings is 1. The molecule has 0 saturated carbocycles. The van der Waals surface area contributed by atoms with E-state index in [2.05, 4.69) is 22.1 Å². The van der Waals surface area contributed by atoms with Gasteiger partial charge < -0.3 is 4.90 Å². The summed E-state index contributed by atoms with van der Waals surface area (Å²) in [7, 11) is 0. The highest BCUT2D eigenvalue weighted by Gasteiger charge is 2.22. The second-order valence-corrected chi connectivity index (χ2v) is 4.66. The highest BCUT2D eigenvalue weighted by atomic mass is 16.1. The standard InChI is InChI=1S/C14H15N3O/c18-10-17-8-2-1-3-14(17)11-4-5-12-13(9-11)16-7-6-15-12/h4-7,9-10,14H,1-3,8H2. The van der Waals surface area contributed by atoms with Crippen molar-refractivity contribution in [1.29, 1.82) is 0 Å². The first-order valence-electron chi connectivity index (χ1n) is 6.30. The molecule has 2 aromatic rings. The normalized spacial score (nSPS) is 20.0. The fraction of sp³-hybridized carbons (Fsp3) is 0.357. The average molecular weight is 241 g/mol. The second-order valence-electron chi connectivity index (χ2n) is 4.66. The molecule has 3 rings (SSSR count). The second kappa shape index (κ2) is 4.72. The van der Waals surface area contributed by atoms with E-state index in [9.17, 15) is 4.79 Å². The van der Waals surface area contributed by atoms with Crippen molar-refractivity contribution in [2.75, 3.05) is 6.54 Å². The Labute approximate surface area is 106 Å². The largest absolute Gasteiger partial charge is 0.338 e. The molecule has 1 unspecified atom stereocenters. The van der Waals surface area contributed by atoms with Gasteiger partial charge in [-0.25, -0.2) is 0 Å². The first-order chi connectivity index (χ1) is 8.88. The number of rotatable bonds is 2. The van der Waals surface area contributed by atoms with Gasteiger partial charge in [0, 0.05) is 18.9 Å². The molecular formula is C14H15N3O. The summed E-state index contributed by atoms with van der Waals surface area (Å²) in [6, 6.07) is 6.29. The van der Waals surface area contributed by atoms with E-state index in [1.807, 2.05) is 11.0 Å². The number of amides is 1. The van der Waals surface area contributed by atoms with Crippen LogP contribution in [0.15, 0.2) is 30.6 Å². The third-order valence-electron chi connectivity index (χ3n) is 3.56. The Balaban J connectivity index is 1.99. The predicted molar refractivity (Wildman–Crippen MR) is 68.9 cm³/mol.